The Kier molecular flexibility index (Phi) is 28.4. The predicted octanol–water partition coefficient (Wildman–Crippen LogP) is 17.1. The zero-order valence-electron chi connectivity index (χ0n) is 58.5. The first-order valence-corrected chi connectivity index (χ1v) is 39.0. The normalized spacial score (nSPS) is 13.4. The van der Waals surface area contributed by atoms with Gasteiger partial charge in [0, 0.05) is 143 Å². The van der Waals surface area contributed by atoms with Crippen molar-refractivity contribution in [2.24, 2.45) is 0 Å². The minimum Gasteiger partial charge on any atom is -0.507 e. The highest BCUT2D eigenvalue weighted by Gasteiger charge is 2.38. The van der Waals surface area contributed by atoms with Gasteiger partial charge in [-0.2, -0.15) is 0 Å². The zero-order chi connectivity index (χ0) is 74.8. The molecule has 0 unspecified atom stereocenters. The molecule has 30 heteroatoms. The topological polar surface area (TPSA) is 276 Å². The number of halogens is 2. The van der Waals surface area contributed by atoms with E-state index in [2.05, 4.69) is 19.9 Å². The Labute approximate surface area is 643 Å². The number of pyridine rings is 2. The first-order valence-electron chi connectivity index (χ1n) is 33.3. The van der Waals surface area contributed by atoms with Gasteiger partial charge in [-0.25, -0.2) is 19.6 Å². The average Bonchev–Trinajstić information content (AvgIpc) is 1.74. The number of phenols is 1. The number of phenolic OH excluding ortho intramolecular Hbond substituents is 1. The molecule has 4 aromatic heterocycles. The largest absolute Gasteiger partial charge is 0.513 e. The van der Waals surface area contributed by atoms with Crippen LogP contribution in [-0.2, 0) is 9.47 Å². The Hall–Kier alpha value is -9.78. The van der Waals surface area contributed by atoms with E-state index in [1.54, 1.807) is 48.5 Å². The number of nitro groups is 1. The Morgan fingerprint density at radius 2 is 1.01 bits per heavy atom. The van der Waals surface area contributed by atoms with Crippen molar-refractivity contribution in [2.45, 2.75) is 29.3 Å². The fourth-order valence-corrected chi connectivity index (χ4v) is 15.7. The highest BCUT2D eigenvalue weighted by Crippen LogP contribution is 2.48. The number of nitrogens with one attached hydrogen (secondary N) is 2. The molecule has 0 aliphatic carbocycles. The number of amides is 2. The number of methoxy groups -OCH3 is 2. The molecule has 0 spiro atoms. The second kappa shape index (κ2) is 38.2. The van der Waals surface area contributed by atoms with Crippen molar-refractivity contribution < 1.29 is 67.1 Å². The van der Waals surface area contributed by atoms with E-state index in [0.29, 0.717) is 101 Å². The van der Waals surface area contributed by atoms with E-state index >= 15 is 0 Å². The van der Waals surface area contributed by atoms with Crippen molar-refractivity contribution in [2.75, 3.05) is 128 Å². The lowest BCUT2D eigenvalue weighted by molar-refractivity contribution is -0.384. The number of carbonyl (C=O) groups is 4. The third-order valence-electron chi connectivity index (χ3n) is 16.8. The van der Waals surface area contributed by atoms with E-state index in [1.807, 2.05) is 159 Å². The summed E-state index contributed by atoms with van der Waals surface area (Å²) < 4.78 is 44.0. The fourth-order valence-electron chi connectivity index (χ4n) is 11.8. The lowest BCUT2D eigenvalue weighted by Gasteiger charge is -2.18. The number of H-pyrrole nitrogens is 2. The molecule has 3 N–H and O–H groups in total. The van der Waals surface area contributed by atoms with Gasteiger partial charge in [0.15, 0.2) is 23.0 Å². The molecule has 13 rings (SSSR count). The van der Waals surface area contributed by atoms with E-state index in [-0.39, 0.29) is 61.5 Å². The average molecular weight is 1570 g/mol. The van der Waals surface area contributed by atoms with Gasteiger partial charge in [0.1, 0.15) is 65.1 Å². The van der Waals surface area contributed by atoms with Gasteiger partial charge in [0.2, 0.25) is 0 Å². The number of anilines is 2. The Morgan fingerprint density at radius 3 is 1.46 bits per heavy atom. The molecule has 107 heavy (non-hydrogen) atoms. The van der Waals surface area contributed by atoms with E-state index in [4.69, 9.17) is 61.1 Å². The Morgan fingerprint density at radius 1 is 0.561 bits per heavy atom. The van der Waals surface area contributed by atoms with Crippen LogP contribution in [0.3, 0.4) is 0 Å². The number of hydrogen-bond donors (Lipinski definition) is 3. The molecule has 2 amide bonds. The number of alkyl halides is 2. The van der Waals surface area contributed by atoms with Gasteiger partial charge in [-0.3, -0.25) is 19.7 Å². The molecular weight excluding hydrogens is 1490 g/mol. The van der Waals surface area contributed by atoms with Gasteiger partial charge in [0.05, 0.1) is 30.5 Å². The zero-order valence-corrected chi connectivity index (χ0v) is 63.3. The van der Waals surface area contributed by atoms with Gasteiger partial charge in [-0.05, 0) is 132 Å². The monoisotopic (exact) mass is 1570 g/mol. The summed E-state index contributed by atoms with van der Waals surface area (Å²) >= 11 is 12.8. The standard InChI is InChI=1S/C35H35ClN4O6S2.C27H28ClN3O4.C14H12N2O5S2.CH4/c1-39(2)12-13-44-31-17-22-16-27(38-26(22)18-30(31)43-3)34(41)40-21-23(20-36)33-25-9-5-4-8-24(25)29(19-28(33)40)46-35(42)45-14-15-47-48-32-10-6-7-11-37-32;1-30(2)8-9-35-25-11-16-10-21(29-20(16)12-24(25)34-3)27(33)31-15-17(14-28)26-19-7-5-4-6-18(19)23(32)13-22(26)31;17-14(21-12-6-4-11(5-7-12)16(18)19)20-9-10-22-23-13-3-1-2-8-15-13;/h4-11,16-19,23,38H,12-15,20-21H2,1-3H3;4-7,10-13,17,29,32H,8-9,14-15H2,1-3H3;1-8H,9-10H2;1H4/t23-;17-;;/m11../s1. The number of non-ortho nitro benzene ring substituents is 1. The summed E-state index contributed by atoms with van der Waals surface area (Å²) in [6.07, 6.45) is 1.78. The van der Waals surface area contributed by atoms with Crippen molar-refractivity contribution in [1.29, 1.82) is 0 Å². The van der Waals surface area contributed by atoms with Crippen LogP contribution < -0.4 is 38.2 Å². The summed E-state index contributed by atoms with van der Waals surface area (Å²) in [5.74, 6) is 4.31. The van der Waals surface area contributed by atoms with Crippen molar-refractivity contribution in [3.63, 3.8) is 0 Å². The van der Waals surface area contributed by atoms with E-state index in [9.17, 15) is 34.4 Å². The first kappa shape index (κ1) is 79.8. The second-order valence-corrected chi connectivity index (χ2v) is 29.9. The maximum atomic E-state index is 14.1. The molecule has 2 atom stereocenters. The molecule has 7 aromatic carbocycles. The highest BCUT2D eigenvalue weighted by molar-refractivity contribution is 8.77. The summed E-state index contributed by atoms with van der Waals surface area (Å²) in [6, 6.07) is 46.3. The summed E-state index contributed by atoms with van der Waals surface area (Å²) in [4.78, 5) is 84.5. The number of aromatic hydroxyl groups is 1. The number of aromatic nitrogens is 4. The van der Waals surface area contributed by atoms with Gasteiger partial charge in [-0.1, -0.05) is 89.7 Å². The van der Waals surface area contributed by atoms with E-state index in [0.717, 1.165) is 77.6 Å². The van der Waals surface area contributed by atoms with Crippen LogP contribution in [0.5, 0.6) is 40.2 Å². The van der Waals surface area contributed by atoms with Crippen LogP contribution in [0, 0.1) is 10.1 Å². The van der Waals surface area contributed by atoms with Crippen LogP contribution in [0.2, 0.25) is 0 Å². The van der Waals surface area contributed by atoms with Gasteiger partial charge >= 0.3 is 12.3 Å². The smallest absolute Gasteiger partial charge is 0.507 e. The molecule has 0 fully saturated rings. The van der Waals surface area contributed by atoms with Crippen LogP contribution in [0.15, 0.2) is 180 Å². The van der Waals surface area contributed by atoms with Crippen molar-refractivity contribution in [3.8, 4) is 40.2 Å². The summed E-state index contributed by atoms with van der Waals surface area (Å²) in [6.45, 7) is 3.71. The van der Waals surface area contributed by atoms with Crippen molar-refractivity contribution >= 4 is 151 Å². The minimum atomic E-state index is -0.845. The number of ether oxygens (including phenoxy) is 8. The van der Waals surface area contributed by atoms with Crippen molar-refractivity contribution in [1.82, 2.24) is 29.7 Å². The molecule has 24 nitrogen and oxygen atoms in total. The lowest BCUT2D eigenvalue weighted by Crippen LogP contribution is -2.30. The lowest BCUT2D eigenvalue weighted by atomic mass is 9.95. The molecule has 0 saturated carbocycles. The van der Waals surface area contributed by atoms with E-state index in [1.165, 1.54) is 67.4 Å². The summed E-state index contributed by atoms with van der Waals surface area (Å²) in [7, 11) is 17.2. The SMILES string of the molecule is C.COc1cc2[nH]c(C(=O)N3C[C@@H](CCl)c4c3cc(O)c3ccccc43)cc2cc1OCCN(C)C.COc1cc2[nH]c(C(=O)N3C[C@@H](CCl)c4c3cc(OC(=O)OCCSSc3ccccn3)c3ccccc43)cc2cc1OCCN(C)C.O=C(OCCSSc1ccccn1)Oc1ccc([N+](=O)[O-])cc1. The highest BCUT2D eigenvalue weighted by atomic mass is 35.5. The quantitative estimate of drug-likeness (QED) is 0.00820. The Bertz CT molecular complexity index is 4910. The van der Waals surface area contributed by atoms with Gasteiger partial charge in [-0.15, -0.1) is 23.2 Å². The second-order valence-electron chi connectivity index (χ2n) is 24.4. The van der Waals surface area contributed by atoms with Crippen LogP contribution in [-0.4, -0.2) is 182 Å². The van der Waals surface area contributed by atoms with Crippen molar-refractivity contribution in [3.05, 3.63) is 203 Å². The molecule has 2 aliphatic heterocycles. The molecule has 6 heterocycles. The number of carbonyl (C=O) groups excluding carboxylic acids is 4. The number of nitrogens with zero attached hydrogens (tertiary/aromatic N) is 7. The van der Waals surface area contributed by atoms with Crippen LogP contribution in [0.4, 0.5) is 26.7 Å². The summed E-state index contributed by atoms with van der Waals surface area (Å²) in [5, 5.41) is 27.9. The first-order chi connectivity index (χ1) is 51.4. The third kappa shape index (κ3) is 20.1. The molecule has 11 aromatic rings. The minimum absolute atomic E-state index is 0. The number of fused-ring (bicyclic) bond motifs is 8. The maximum Gasteiger partial charge on any atom is 0.513 e. The number of hydrogen-bond acceptors (Lipinski definition) is 23. The maximum absolute atomic E-state index is 14.1. The Balaban J connectivity index is 0.000000182. The number of benzene rings is 7. The predicted molar refractivity (Wildman–Crippen MR) is 427 cm³/mol. The molecule has 0 saturated heterocycles. The molecule has 560 valence electrons. The number of likely N-dealkylation sites (N-methyl/N-ethyl adjacent to an activating group) is 2. The molecule has 0 bridgehead atoms. The summed E-state index contributed by atoms with van der Waals surface area (Å²) in [5.41, 5.74) is 5.55. The fraction of sp³-hybridized carbons (Fsp3) is 0.273. The number of aromatic amines is 2. The molecule has 2 aliphatic rings. The molecule has 0 radical (unpaired) electrons. The third-order valence-corrected chi connectivity index (χ3v) is 22.0. The van der Waals surface area contributed by atoms with Gasteiger partial charge < -0.3 is 72.6 Å². The van der Waals surface area contributed by atoms with Crippen LogP contribution >= 0.6 is 66.4 Å². The van der Waals surface area contributed by atoms with Crippen LogP contribution in [0.25, 0.3) is 43.4 Å². The number of rotatable bonds is 27. The molecular formula is C77H79Cl2N9O15S4. The van der Waals surface area contributed by atoms with Crippen LogP contribution in [0.1, 0.15) is 51.4 Å². The number of nitro benzene ring substituents is 1. The van der Waals surface area contributed by atoms with E-state index < -0.39 is 17.2 Å². The van der Waals surface area contributed by atoms with Gasteiger partial charge in [0.25, 0.3) is 17.5 Å².